The Kier molecular flexibility index (Phi) is 3.10. The van der Waals surface area contributed by atoms with Crippen molar-refractivity contribution in [3.8, 4) is 5.75 Å². The van der Waals surface area contributed by atoms with E-state index < -0.39 is 0 Å². The number of aromatic nitrogens is 2. The Hall–Kier alpha value is -1.97. The van der Waals surface area contributed by atoms with Crippen molar-refractivity contribution in [2.45, 2.75) is 6.42 Å². The highest BCUT2D eigenvalue weighted by Gasteiger charge is 2.05. The van der Waals surface area contributed by atoms with Gasteiger partial charge in [0.2, 0.25) is 0 Å². The maximum atomic E-state index is 12.7. The highest BCUT2D eigenvalue weighted by atomic mass is 19.1. The summed E-state index contributed by atoms with van der Waals surface area (Å²) in [5.41, 5.74) is 1.70. The lowest BCUT2D eigenvalue weighted by Crippen LogP contribution is -1.98. The van der Waals surface area contributed by atoms with E-state index in [2.05, 4.69) is 16.3 Å². The van der Waals surface area contributed by atoms with Gasteiger partial charge in [-0.3, -0.25) is 0 Å². The first kappa shape index (κ1) is 10.5. The van der Waals surface area contributed by atoms with Gasteiger partial charge in [-0.15, -0.1) is 0 Å². The van der Waals surface area contributed by atoms with Crippen LogP contribution in [-0.2, 0) is 6.42 Å². The van der Waals surface area contributed by atoms with Crippen molar-refractivity contribution in [1.29, 1.82) is 0 Å². The van der Waals surface area contributed by atoms with Crippen molar-refractivity contribution >= 4 is 0 Å². The van der Waals surface area contributed by atoms with Crippen molar-refractivity contribution in [2.24, 2.45) is 0 Å². The van der Waals surface area contributed by atoms with Crippen molar-refractivity contribution in [1.82, 2.24) is 9.97 Å². The van der Waals surface area contributed by atoms with Crippen LogP contribution in [0, 0.1) is 12.1 Å². The Morgan fingerprint density at radius 2 is 2.06 bits per heavy atom. The monoisotopic (exact) mass is 217 g/mol. The summed E-state index contributed by atoms with van der Waals surface area (Å²) in [5.74, 6) is 0.369. The predicted molar refractivity (Wildman–Crippen MR) is 56.6 cm³/mol. The lowest BCUT2D eigenvalue weighted by atomic mass is 10.1. The van der Waals surface area contributed by atoms with Crippen LogP contribution >= 0.6 is 0 Å². The Bertz CT molecular complexity index is 471. The second-order valence-corrected chi connectivity index (χ2v) is 3.29. The largest absolute Gasteiger partial charge is 0.493 e. The molecule has 0 spiro atoms. The van der Waals surface area contributed by atoms with Gasteiger partial charge in [0.25, 0.3) is 0 Å². The molecule has 0 saturated carbocycles. The van der Waals surface area contributed by atoms with Gasteiger partial charge in [0.15, 0.2) is 12.1 Å². The number of benzene rings is 1. The lowest BCUT2D eigenvalue weighted by Gasteiger charge is -2.05. The van der Waals surface area contributed by atoms with E-state index in [1.807, 2.05) is 0 Å². The molecule has 0 aliphatic rings. The molecular formula is C12H10FN2O. The van der Waals surface area contributed by atoms with Gasteiger partial charge in [-0.25, -0.2) is 14.4 Å². The Morgan fingerprint density at radius 1 is 1.31 bits per heavy atom. The molecule has 0 bridgehead atoms. The minimum absolute atomic E-state index is 0.245. The average Bonchev–Trinajstić information content (AvgIpc) is 2.33. The Balaban J connectivity index is 2.23. The molecule has 0 amide bonds. The zero-order chi connectivity index (χ0) is 11.4. The normalized spacial score (nSPS) is 10.1. The molecule has 2 aromatic rings. The van der Waals surface area contributed by atoms with Crippen LogP contribution in [0.1, 0.15) is 11.3 Å². The molecule has 16 heavy (non-hydrogen) atoms. The quantitative estimate of drug-likeness (QED) is 0.788. The summed E-state index contributed by atoms with van der Waals surface area (Å²) < 4.78 is 17.8. The molecule has 2 rings (SSSR count). The zero-order valence-corrected chi connectivity index (χ0v) is 8.77. The van der Waals surface area contributed by atoms with Crippen molar-refractivity contribution in [3.05, 3.63) is 53.9 Å². The van der Waals surface area contributed by atoms with E-state index in [0.717, 1.165) is 11.3 Å². The van der Waals surface area contributed by atoms with Gasteiger partial charge in [-0.1, -0.05) is 12.1 Å². The van der Waals surface area contributed by atoms with Crippen LogP contribution in [0.3, 0.4) is 0 Å². The van der Waals surface area contributed by atoms with E-state index in [1.54, 1.807) is 25.4 Å². The molecular weight excluding hydrogens is 207 g/mol. The fourth-order valence-electron chi connectivity index (χ4n) is 1.40. The van der Waals surface area contributed by atoms with Gasteiger partial charge >= 0.3 is 0 Å². The van der Waals surface area contributed by atoms with Gasteiger partial charge < -0.3 is 4.74 Å². The molecule has 1 heterocycles. The molecule has 4 heteroatoms. The molecule has 0 fully saturated rings. The summed E-state index contributed by atoms with van der Waals surface area (Å²) in [7, 11) is 1.56. The SMILES string of the molecule is COc1cn[c]nc1Cc1ccc(F)cc1. The number of halogens is 1. The molecule has 1 radical (unpaired) electrons. The molecule has 3 nitrogen and oxygen atoms in total. The average molecular weight is 217 g/mol. The maximum Gasteiger partial charge on any atom is 0.198 e. The fraction of sp³-hybridized carbons (Fsp3) is 0.167. The van der Waals surface area contributed by atoms with Crippen LogP contribution in [0.2, 0.25) is 0 Å². The highest BCUT2D eigenvalue weighted by Crippen LogP contribution is 2.17. The first-order chi connectivity index (χ1) is 7.79. The van der Waals surface area contributed by atoms with Crippen LogP contribution < -0.4 is 4.74 Å². The molecule has 81 valence electrons. The van der Waals surface area contributed by atoms with Crippen LogP contribution in [-0.4, -0.2) is 17.1 Å². The summed E-state index contributed by atoms with van der Waals surface area (Å²) in [6, 6.07) is 6.28. The molecule has 0 aliphatic heterocycles. The number of methoxy groups -OCH3 is 1. The smallest absolute Gasteiger partial charge is 0.198 e. The van der Waals surface area contributed by atoms with E-state index in [1.165, 1.54) is 12.1 Å². The topological polar surface area (TPSA) is 35.0 Å². The highest BCUT2D eigenvalue weighted by molar-refractivity contribution is 5.30. The van der Waals surface area contributed by atoms with E-state index in [0.29, 0.717) is 12.2 Å². The molecule has 0 unspecified atom stereocenters. The first-order valence-corrected chi connectivity index (χ1v) is 4.80. The number of hydrogen-bond acceptors (Lipinski definition) is 3. The third-order valence-corrected chi connectivity index (χ3v) is 2.21. The maximum absolute atomic E-state index is 12.7. The third kappa shape index (κ3) is 2.34. The van der Waals surface area contributed by atoms with E-state index in [4.69, 9.17) is 4.74 Å². The second-order valence-electron chi connectivity index (χ2n) is 3.29. The number of rotatable bonds is 3. The van der Waals surface area contributed by atoms with Gasteiger partial charge in [-0.2, -0.15) is 0 Å². The van der Waals surface area contributed by atoms with Crippen LogP contribution in [0.25, 0.3) is 0 Å². The summed E-state index contributed by atoms with van der Waals surface area (Å²) in [6.07, 6.45) is 4.65. The summed E-state index contributed by atoms with van der Waals surface area (Å²) in [5, 5.41) is 0. The van der Waals surface area contributed by atoms with Crippen molar-refractivity contribution in [2.75, 3.05) is 7.11 Å². The number of hydrogen-bond donors (Lipinski definition) is 0. The van der Waals surface area contributed by atoms with Crippen LogP contribution in [0.5, 0.6) is 5.75 Å². The van der Waals surface area contributed by atoms with Crippen LogP contribution in [0.4, 0.5) is 4.39 Å². The van der Waals surface area contributed by atoms with E-state index in [9.17, 15) is 4.39 Å². The minimum atomic E-state index is -0.245. The van der Waals surface area contributed by atoms with Crippen molar-refractivity contribution in [3.63, 3.8) is 0 Å². The van der Waals surface area contributed by atoms with E-state index in [-0.39, 0.29) is 5.82 Å². The Labute approximate surface area is 92.9 Å². The zero-order valence-electron chi connectivity index (χ0n) is 8.77. The minimum Gasteiger partial charge on any atom is -0.493 e. The molecule has 0 N–H and O–H groups in total. The number of ether oxygens (including phenoxy) is 1. The Morgan fingerprint density at radius 3 is 2.75 bits per heavy atom. The molecule has 0 saturated heterocycles. The van der Waals surface area contributed by atoms with Gasteiger partial charge in [0.1, 0.15) is 5.82 Å². The summed E-state index contributed by atoms with van der Waals surface area (Å²) >= 11 is 0. The molecule has 1 aromatic carbocycles. The van der Waals surface area contributed by atoms with Gasteiger partial charge in [-0.05, 0) is 17.7 Å². The third-order valence-electron chi connectivity index (χ3n) is 2.21. The van der Waals surface area contributed by atoms with Gasteiger partial charge in [0.05, 0.1) is 19.0 Å². The van der Waals surface area contributed by atoms with E-state index >= 15 is 0 Å². The number of nitrogens with zero attached hydrogens (tertiary/aromatic N) is 2. The lowest BCUT2D eigenvalue weighted by molar-refractivity contribution is 0.405. The van der Waals surface area contributed by atoms with Crippen molar-refractivity contribution < 1.29 is 9.13 Å². The standard InChI is InChI=1S/C12H10FN2O/c1-16-12-7-14-8-15-11(12)6-9-2-4-10(13)5-3-9/h2-5,7H,6H2,1H3. The molecule has 0 atom stereocenters. The summed E-state index contributed by atoms with van der Waals surface area (Å²) in [6.45, 7) is 0. The molecule has 1 aromatic heterocycles. The predicted octanol–water partition coefficient (Wildman–Crippen LogP) is 2.02. The molecule has 0 aliphatic carbocycles. The summed E-state index contributed by atoms with van der Waals surface area (Å²) in [4.78, 5) is 7.76. The van der Waals surface area contributed by atoms with Gasteiger partial charge in [0, 0.05) is 6.42 Å². The fourth-order valence-corrected chi connectivity index (χ4v) is 1.40. The first-order valence-electron chi connectivity index (χ1n) is 4.80. The second kappa shape index (κ2) is 4.70. The van der Waals surface area contributed by atoms with Crippen LogP contribution in [0.15, 0.2) is 30.5 Å².